The van der Waals surface area contributed by atoms with Crippen LogP contribution in [0.3, 0.4) is 0 Å². The Balaban J connectivity index is 1.44. The number of nitrogens with zero attached hydrogens (tertiary/aromatic N) is 5. The van der Waals surface area contributed by atoms with Crippen LogP contribution >= 0.6 is 0 Å². The molecule has 3 aliphatic rings. The van der Waals surface area contributed by atoms with E-state index in [0.29, 0.717) is 13.2 Å². The summed E-state index contributed by atoms with van der Waals surface area (Å²) >= 11 is 0. The number of pyridine rings is 1. The highest BCUT2D eigenvalue weighted by molar-refractivity contribution is 5.99. The summed E-state index contributed by atoms with van der Waals surface area (Å²) in [5.41, 5.74) is -0.851. The van der Waals surface area contributed by atoms with Crippen LogP contribution in [0.4, 0.5) is 35.5 Å². The first-order valence-corrected chi connectivity index (χ1v) is 12.3. The monoisotopic (exact) mass is 536 g/mol. The third kappa shape index (κ3) is 4.79. The second-order valence-electron chi connectivity index (χ2n) is 9.82. The Morgan fingerprint density at radius 3 is 2.71 bits per heavy atom. The molecule has 38 heavy (non-hydrogen) atoms. The molecule has 1 N–H and O–H groups in total. The summed E-state index contributed by atoms with van der Waals surface area (Å²) < 4.78 is 53.9. The van der Waals surface area contributed by atoms with Crippen LogP contribution in [0.15, 0.2) is 29.2 Å². The van der Waals surface area contributed by atoms with Crippen LogP contribution in [0.1, 0.15) is 37.0 Å². The molecule has 0 aromatic carbocycles. The van der Waals surface area contributed by atoms with Gasteiger partial charge in [-0.3, -0.25) is 19.5 Å². The van der Waals surface area contributed by atoms with E-state index < -0.39 is 48.2 Å². The van der Waals surface area contributed by atoms with Crippen molar-refractivity contribution in [2.45, 2.75) is 57.1 Å². The molecule has 2 fully saturated rings. The molecule has 2 aromatic heterocycles. The topological polar surface area (TPSA) is 119 Å². The maximum atomic E-state index is 14.1. The molecule has 3 aliphatic heterocycles. The SMILES string of the molecule is CCOC(=O)Nc1ccc(C(=O)CN2c3nc(N4C[C@@H]5CC4(C)CO5)cc(=O)n3CC[C@H]2C(F)(F)F)cn1. The summed E-state index contributed by atoms with van der Waals surface area (Å²) in [5, 5.41) is 2.38. The summed E-state index contributed by atoms with van der Waals surface area (Å²) in [5.74, 6) is -0.462. The standard InChI is InChI=1S/C24H27F3N6O5/c1-3-37-22(36)29-18-5-4-14(10-28-18)16(34)12-32-17(24(25,26)27)6-7-31-20(35)8-19(30-21(31)32)33-11-15-9-23(33,2)13-38-15/h4-5,8,10,15,17H,3,6-7,9,11-13H2,1-2H3,(H,28,29,36)/t15-,17-,23?/m0/s1. The van der Waals surface area contributed by atoms with Gasteiger partial charge < -0.3 is 19.3 Å². The summed E-state index contributed by atoms with van der Waals surface area (Å²) in [6.45, 7) is 3.82. The molecule has 5 heterocycles. The summed E-state index contributed by atoms with van der Waals surface area (Å²) in [4.78, 5) is 48.9. The molecule has 14 heteroatoms. The van der Waals surface area contributed by atoms with Crippen molar-refractivity contribution in [3.63, 3.8) is 0 Å². The lowest BCUT2D eigenvalue weighted by Crippen LogP contribution is -2.54. The first-order chi connectivity index (χ1) is 18.0. The number of carbonyl (C=O) groups excluding carboxylic acids is 2. The van der Waals surface area contributed by atoms with Gasteiger partial charge in [-0.05, 0) is 32.4 Å². The van der Waals surface area contributed by atoms with Gasteiger partial charge in [-0.1, -0.05) is 0 Å². The lowest BCUT2D eigenvalue weighted by Gasteiger charge is -2.40. The van der Waals surface area contributed by atoms with Gasteiger partial charge >= 0.3 is 12.3 Å². The van der Waals surface area contributed by atoms with Gasteiger partial charge in [0.15, 0.2) is 5.78 Å². The first-order valence-electron chi connectivity index (χ1n) is 12.3. The van der Waals surface area contributed by atoms with Gasteiger partial charge in [-0.15, -0.1) is 0 Å². The van der Waals surface area contributed by atoms with Crippen molar-refractivity contribution in [2.75, 3.05) is 41.4 Å². The van der Waals surface area contributed by atoms with Gasteiger partial charge in [-0.25, -0.2) is 9.78 Å². The van der Waals surface area contributed by atoms with E-state index in [0.717, 1.165) is 17.5 Å². The Hall–Kier alpha value is -3.68. The molecule has 0 radical (unpaired) electrons. The van der Waals surface area contributed by atoms with Gasteiger partial charge in [0.2, 0.25) is 5.95 Å². The number of ketones is 1. The van der Waals surface area contributed by atoms with E-state index >= 15 is 0 Å². The minimum absolute atomic E-state index is 0.0324. The third-order valence-electron chi connectivity index (χ3n) is 7.13. The van der Waals surface area contributed by atoms with E-state index in [1.165, 1.54) is 22.8 Å². The number of morpholine rings is 1. The van der Waals surface area contributed by atoms with Gasteiger partial charge in [0.25, 0.3) is 5.56 Å². The van der Waals surface area contributed by atoms with Crippen LogP contribution in [-0.4, -0.2) is 76.6 Å². The summed E-state index contributed by atoms with van der Waals surface area (Å²) in [7, 11) is 0. The van der Waals surface area contributed by atoms with Gasteiger partial charge in [-0.2, -0.15) is 18.2 Å². The molecule has 0 spiro atoms. The number of ether oxygens (including phenoxy) is 2. The average Bonchev–Trinajstić information content (AvgIpc) is 3.40. The molecule has 0 saturated carbocycles. The molecule has 2 aromatic rings. The molecule has 1 amide bonds. The molecule has 5 rings (SSSR count). The van der Waals surface area contributed by atoms with Crippen LogP contribution in [0, 0.1) is 0 Å². The van der Waals surface area contributed by atoms with Crippen molar-refractivity contribution in [2.24, 2.45) is 0 Å². The Morgan fingerprint density at radius 1 is 1.32 bits per heavy atom. The van der Waals surface area contributed by atoms with E-state index in [1.807, 2.05) is 11.8 Å². The van der Waals surface area contributed by atoms with Crippen LogP contribution in [0.25, 0.3) is 0 Å². The minimum atomic E-state index is -4.66. The average molecular weight is 537 g/mol. The maximum Gasteiger partial charge on any atom is 0.412 e. The largest absolute Gasteiger partial charge is 0.450 e. The van der Waals surface area contributed by atoms with Crippen molar-refractivity contribution < 1.29 is 32.2 Å². The van der Waals surface area contributed by atoms with Gasteiger partial charge in [0, 0.05) is 37.3 Å². The molecular formula is C24H27F3N6O5. The number of fused-ring (bicyclic) bond motifs is 3. The number of alkyl halides is 3. The van der Waals surface area contributed by atoms with Crippen molar-refractivity contribution >= 4 is 29.5 Å². The van der Waals surface area contributed by atoms with Gasteiger partial charge in [0.05, 0.1) is 31.4 Å². The minimum Gasteiger partial charge on any atom is -0.450 e. The van der Waals surface area contributed by atoms with E-state index in [1.54, 1.807) is 6.92 Å². The molecule has 204 valence electrons. The number of halogens is 3. The van der Waals surface area contributed by atoms with E-state index in [4.69, 9.17) is 9.47 Å². The number of aromatic nitrogens is 3. The predicted molar refractivity (Wildman–Crippen MR) is 130 cm³/mol. The molecule has 3 atom stereocenters. The zero-order valence-electron chi connectivity index (χ0n) is 20.8. The highest BCUT2D eigenvalue weighted by atomic mass is 19.4. The number of carbonyl (C=O) groups is 2. The third-order valence-corrected chi connectivity index (χ3v) is 7.13. The number of anilines is 3. The molecule has 2 saturated heterocycles. The maximum absolute atomic E-state index is 14.1. The lowest BCUT2D eigenvalue weighted by atomic mass is 10.0. The molecule has 11 nitrogen and oxygen atoms in total. The van der Waals surface area contributed by atoms with Crippen LogP contribution < -0.4 is 20.7 Å². The summed E-state index contributed by atoms with van der Waals surface area (Å²) in [6, 6.07) is 2.03. The van der Waals surface area contributed by atoms with E-state index in [-0.39, 0.29) is 42.4 Å². The number of rotatable bonds is 6. The fourth-order valence-corrected chi connectivity index (χ4v) is 5.27. The number of hydrogen-bond acceptors (Lipinski definition) is 9. The fourth-order valence-electron chi connectivity index (χ4n) is 5.27. The van der Waals surface area contributed by atoms with Crippen LogP contribution in [-0.2, 0) is 16.0 Å². The number of nitrogens with one attached hydrogen (secondary N) is 1. The van der Waals surface area contributed by atoms with Crippen LogP contribution in [0.5, 0.6) is 0 Å². The predicted octanol–water partition coefficient (Wildman–Crippen LogP) is 2.60. The quantitative estimate of drug-likeness (QED) is 0.556. The zero-order chi connectivity index (χ0) is 27.2. The Morgan fingerprint density at radius 2 is 2.11 bits per heavy atom. The van der Waals surface area contributed by atoms with E-state index in [9.17, 15) is 27.6 Å². The Bertz CT molecular complexity index is 1300. The highest BCUT2D eigenvalue weighted by Gasteiger charge is 2.51. The van der Waals surface area contributed by atoms with Crippen molar-refractivity contribution in [1.29, 1.82) is 0 Å². The molecule has 1 unspecified atom stereocenters. The fraction of sp³-hybridized carbons (Fsp3) is 0.542. The molecule has 2 bridgehead atoms. The van der Waals surface area contributed by atoms with E-state index in [2.05, 4.69) is 15.3 Å². The molecule has 0 aliphatic carbocycles. The lowest BCUT2D eigenvalue weighted by molar-refractivity contribution is -0.152. The number of Topliss-reactive ketones (excluding diaryl/α,β-unsaturated/α-hetero) is 1. The second-order valence-corrected chi connectivity index (χ2v) is 9.82. The van der Waals surface area contributed by atoms with Crippen molar-refractivity contribution in [1.82, 2.24) is 14.5 Å². The molecular weight excluding hydrogens is 509 g/mol. The number of amides is 1. The zero-order valence-corrected chi connectivity index (χ0v) is 20.8. The summed E-state index contributed by atoms with van der Waals surface area (Å²) in [6.07, 6.45) is -3.92. The Kier molecular flexibility index (Phi) is 6.53. The normalized spacial score (nSPS) is 24.3. The highest BCUT2D eigenvalue weighted by Crippen LogP contribution is 2.41. The smallest absolute Gasteiger partial charge is 0.412 e. The van der Waals surface area contributed by atoms with Crippen molar-refractivity contribution in [3.05, 3.63) is 40.3 Å². The first kappa shape index (κ1) is 25.9. The second kappa shape index (κ2) is 9.57. The number of hydrogen-bond donors (Lipinski definition) is 1. The Labute approximate surface area is 215 Å². The van der Waals surface area contributed by atoms with Gasteiger partial charge in [0.1, 0.15) is 17.7 Å². The van der Waals surface area contributed by atoms with Crippen LogP contribution in [0.2, 0.25) is 0 Å². The van der Waals surface area contributed by atoms with Crippen molar-refractivity contribution in [3.8, 4) is 0 Å².